The van der Waals surface area contributed by atoms with Gasteiger partial charge in [0.1, 0.15) is 0 Å². The molecule has 1 rings (SSSR count). The van der Waals surface area contributed by atoms with Crippen LogP contribution in [0.4, 0.5) is 0 Å². The fourth-order valence-corrected chi connectivity index (χ4v) is 1.57. The van der Waals surface area contributed by atoms with E-state index in [2.05, 4.69) is 4.74 Å². The molecule has 13 heavy (non-hydrogen) atoms. The molecular weight excluding hydrogens is 172 g/mol. The fourth-order valence-electron chi connectivity index (χ4n) is 1.57. The zero-order valence-corrected chi connectivity index (χ0v) is 7.45. The first-order valence-corrected chi connectivity index (χ1v) is 4.50. The van der Waals surface area contributed by atoms with E-state index in [1.165, 1.54) is 12.9 Å². The van der Waals surface area contributed by atoms with Crippen molar-refractivity contribution >= 4 is 12.4 Å². The van der Waals surface area contributed by atoms with E-state index >= 15 is 0 Å². The molecule has 1 aliphatic rings. The molecule has 4 heteroatoms. The van der Waals surface area contributed by atoms with Gasteiger partial charge in [0.2, 0.25) is 6.79 Å². The molecule has 0 aromatic heterocycles. The van der Waals surface area contributed by atoms with Gasteiger partial charge in [0.15, 0.2) is 0 Å². The molecule has 0 saturated heterocycles. The molecule has 73 valence electrons. The average molecular weight is 185 g/mol. The van der Waals surface area contributed by atoms with Gasteiger partial charge in [0, 0.05) is 0 Å². The van der Waals surface area contributed by atoms with E-state index in [9.17, 15) is 9.59 Å². The monoisotopic (exact) mass is 185 g/mol. The van der Waals surface area contributed by atoms with Crippen LogP contribution in [0.25, 0.3) is 0 Å². The smallest absolute Gasteiger partial charge is 0.420 e. The first-order chi connectivity index (χ1) is 6.34. The molecule has 4 nitrogen and oxygen atoms in total. The van der Waals surface area contributed by atoms with Crippen LogP contribution in [-0.2, 0) is 19.1 Å². The molecule has 0 aromatic carbocycles. The van der Waals surface area contributed by atoms with Gasteiger partial charge in [-0.1, -0.05) is 19.3 Å². The number of hydrogen-bond donors (Lipinski definition) is 0. The molecular formula is C9H13O4. The summed E-state index contributed by atoms with van der Waals surface area (Å²) in [6.45, 7) is 0.892. The average Bonchev–Trinajstić information content (AvgIpc) is 2.19. The molecule has 0 atom stereocenters. The highest BCUT2D eigenvalue weighted by Crippen LogP contribution is 2.24. The van der Waals surface area contributed by atoms with Gasteiger partial charge >= 0.3 is 12.4 Å². The van der Waals surface area contributed by atoms with Crippen LogP contribution in [0.5, 0.6) is 0 Å². The zero-order valence-electron chi connectivity index (χ0n) is 7.45. The fraction of sp³-hybridized carbons (Fsp3) is 0.778. The number of carbonyl (C=O) groups excluding carboxylic acids is 2. The number of hydrogen-bond acceptors (Lipinski definition) is 4. The standard InChI is InChI=1S/C9H13O4/c10-6-12-7-13-9(11)8-4-2-1-3-5-8/h8H,1-5,7H2. The summed E-state index contributed by atoms with van der Waals surface area (Å²) in [7, 11) is 0. The van der Waals surface area contributed by atoms with Crippen molar-refractivity contribution in [1.29, 1.82) is 0 Å². The first kappa shape index (κ1) is 10.0. The minimum absolute atomic E-state index is 0.00371. The largest absolute Gasteiger partial charge is 0.428 e. The number of rotatable bonds is 4. The zero-order chi connectivity index (χ0) is 9.52. The van der Waals surface area contributed by atoms with Crippen LogP contribution in [0.1, 0.15) is 32.1 Å². The van der Waals surface area contributed by atoms with E-state index in [1.54, 1.807) is 0 Å². The van der Waals surface area contributed by atoms with Crippen molar-refractivity contribution in [1.82, 2.24) is 0 Å². The van der Waals surface area contributed by atoms with Gasteiger partial charge in [-0.3, -0.25) is 4.79 Å². The quantitative estimate of drug-likeness (QED) is 0.374. The Kier molecular flexibility index (Phi) is 4.29. The second kappa shape index (κ2) is 5.56. The van der Waals surface area contributed by atoms with Gasteiger partial charge in [-0.15, -0.1) is 0 Å². The summed E-state index contributed by atoms with van der Waals surface area (Å²) < 4.78 is 8.84. The summed E-state index contributed by atoms with van der Waals surface area (Å²) in [5, 5.41) is 0. The van der Waals surface area contributed by atoms with Gasteiger partial charge in [0.05, 0.1) is 5.92 Å². The maximum atomic E-state index is 11.2. The Hall–Kier alpha value is -1.06. The number of ether oxygens (including phenoxy) is 2. The summed E-state index contributed by atoms with van der Waals surface area (Å²) in [5.74, 6) is -0.251. The molecule has 0 N–H and O–H groups in total. The lowest BCUT2D eigenvalue weighted by Gasteiger charge is -2.19. The van der Waals surface area contributed by atoms with E-state index < -0.39 is 0 Å². The van der Waals surface area contributed by atoms with Crippen molar-refractivity contribution in [2.24, 2.45) is 5.92 Å². The molecule has 0 aromatic rings. The first-order valence-electron chi connectivity index (χ1n) is 4.50. The van der Waals surface area contributed by atoms with Crippen molar-refractivity contribution < 1.29 is 19.1 Å². The highest BCUT2D eigenvalue weighted by molar-refractivity contribution is 5.72. The van der Waals surface area contributed by atoms with Crippen molar-refractivity contribution in [3.8, 4) is 0 Å². The lowest BCUT2D eigenvalue weighted by atomic mass is 9.89. The maximum Gasteiger partial charge on any atom is 0.420 e. The van der Waals surface area contributed by atoms with Crippen LogP contribution in [0.2, 0.25) is 0 Å². The predicted molar refractivity (Wildman–Crippen MR) is 44.3 cm³/mol. The number of carbonyl (C=O) groups is 1. The molecule has 0 heterocycles. The molecule has 1 fully saturated rings. The van der Waals surface area contributed by atoms with E-state index in [4.69, 9.17) is 4.74 Å². The SMILES string of the molecule is O=[C]OCOC(=O)C1CCCCC1. The third-order valence-electron chi connectivity index (χ3n) is 2.26. The van der Waals surface area contributed by atoms with Gasteiger partial charge in [-0.2, -0.15) is 0 Å². The summed E-state index contributed by atoms with van der Waals surface area (Å²) in [4.78, 5) is 20.9. The third-order valence-corrected chi connectivity index (χ3v) is 2.26. The maximum absolute atomic E-state index is 11.2. The Morgan fingerprint density at radius 1 is 1.31 bits per heavy atom. The Labute approximate surface area is 77.2 Å². The lowest BCUT2D eigenvalue weighted by Crippen LogP contribution is -2.21. The van der Waals surface area contributed by atoms with Crippen LogP contribution in [0.3, 0.4) is 0 Å². The van der Waals surface area contributed by atoms with E-state index in [0.29, 0.717) is 0 Å². The highest BCUT2D eigenvalue weighted by Gasteiger charge is 2.22. The molecule has 0 unspecified atom stereocenters. The molecule has 1 aliphatic carbocycles. The molecule has 0 amide bonds. The Bertz CT molecular complexity index is 172. The van der Waals surface area contributed by atoms with E-state index in [-0.39, 0.29) is 18.7 Å². The van der Waals surface area contributed by atoms with Crippen LogP contribution < -0.4 is 0 Å². The minimum Gasteiger partial charge on any atom is -0.428 e. The Balaban J connectivity index is 2.17. The summed E-state index contributed by atoms with van der Waals surface area (Å²) in [6.07, 6.45) is 5.15. The van der Waals surface area contributed by atoms with Crippen LogP contribution in [0.15, 0.2) is 0 Å². The molecule has 0 spiro atoms. The topological polar surface area (TPSA) is 52.6 Å². The second-order valence-corrected chi connectivity index (χ2v) is 3.14. The molecule has 0 aliphatic heterocycles. The third kappa shape index (κ3) is 3.44. The summed E-state index contributed by atoms with van der Waals surface area (Å²) in [6, 6.07) is 0. The normalized spacial score (nSPS) is 17.8. The summed E-state index contributed by atoms with van der Waals surface area (Å²) in [5.41, 5.74) is 0. The van der Waals surface area contributed by atoms with Crippen molar-refractivity contribution in [3.05, 3.63) is 0 Å². The van der Waals surface area contributed by atoms with Gasteiger partial charge in [-0.25, -0.2) is 4.79 Å². The van der Waals surface area contributed by atoms with Crippen LogP contribution in [-0.4, -0.2) is 19.2 Å². The van der Waals surface area contributed by atoms with E-state index in [0.717, 1.165) is 25.7 Å². The Morgan fingerprint density at radius 2 is 2.00 bits per heavy atom. The van der Waals surface area contributed by atoms with Crippen LogP contribution >= 0.6 is 0 Å². The van der Waals surface area contributed by atoms with Crippen LogP contribution in [0, 0.1) is 5.92 Å². The molecule has 0 bridgehead atoms. The molecule has 1 radical (unpaired) electrons. The number of esters is 1. The van der Waals surface area contributed by atoms with Crippen molar-refractivity contribution in [2.45, 2.75) is 32.1 Å². The van der Waals surface area contributed by atoms with Gasteiger partial charge in [-0.05, 0) is 12.8 Å². The minimum atomic E-state index is -0.307. The molecule has 1 saturated carbocycles. The summed E-state index contributed by atoms with van der Waals surface area (Å²) >= 11 is 0. The van der Waals surface area contributed by atoms with Gasteiger partial charge in [0.25, 0.3) is 0 Å². The lowest BCUT2D eigenvalue weighted by molar-refractivity contribution is -0.157. The Morgan fingerprint density at radius 3 is 2.62 bits per heavy atom. The van der Waals surface area contributed by atoms with E-state index in [1.807, 2.05) is 0 Å². The van der Waals surface area contributed by atoms with Gasteiger partial charge < -0.3 is 9.47 Å². The second-order valence-electron chi connectivity index (χ2n) is 3.14. The van der Waals surface area contributed by atoms with Crippen molar-refractivity contribution in [2.75, 3.05) is 6.79 Å². The predicted octanol–water partition coefficient (Wildman–Crippen LogP) is 1.15. The van der Waals surface area contributed by atoms with Crippen molar-refractivity contribution in [3.63, 3.8) is 0 Å². The highest BCUT2D eigenvalue weighted by atomic mass is 16.7.